The predicted octanol–water partition coefficient (Wildman–Crippen LogP) is 4.52. The molecule has 0 radical (unpaired) electrons. The van der Waals surface area contributed by atoms with E-state index in [0.717, 1.165) is 22.8 Å². The summed E-state index contributed by atoms with van der Waals surface area (Å²) < 4.78 is 13.7. The van der Waals surface area contributed by atoms with Crippen molar-refractivity contribution in [1.82, 2.24) is 0 Å². The molecule has 0 aliphatic rings. The monoisotopic (exact) mass is 276 g/mol. The van der Waals surface area contributed by atoms with Gasteiger partial charge in [-0.2, -0.15) is 0 Å². The van der Waals surface area contributed by atoms with Crippen LogP contribution in [0.1, 0.15) is 27.0 Å². The van der Waals surface area contributed by atoms with Gasteiger partial charge >= 0.3 is 0 Å². The molecule has 3 heteroatoms. The number of ketones is 1. The van der Waals surface area contributed by atoms with Crippen molar-refractivity contribution < 1.29 is 9.18 Å². The Kier molecular flexibility index (Phi) is 4.01. The smallest absolute Gasteiger partial charge is 0.170 e. The SMILES string of the molecule is Cc1cc(C)cc(CC(=O)c2ccc(Cl)cc2F)c1. The van der Waals surface area contributed by atoms with Crippen LogP contribution in [0.15, 0.2) is 36.4 Å². The summed E-state index contributed by atoms with van der Waals surface area (Å²) in [6.07, 6.45) is 0.196. The van der Waals surface area contributed by atoms with Crippen LogP contribution in [-0.4, -0.2) is 5.78 Å². The van der Waals surface area contributed by atoms with Crippen LogP contribution in [-0.2, 0) is 6.42 Å². The van der Waals surface area contributed by atoms with Gasteiger partial charge in [-0.1, -0.05) is 40.9 Å². The fourth-order valence-electron chi connectivity index (χ4n) is 2.17. The van der Waals surface area contributed by atoms with Gasteiger partial charge in [-0.25, -0.2) is 4.39 Å². The van der Waals surface area contributed by atoms with Gasteiger partial charge in [0.1, 0.15) is 5.82 Å². The van der Waals surface area contributed by atoms with E-state index in [-0.39, 0.29) is 17.8 Å². The van der Waals surface area contributed by atoms with Crippen LogP contribution in [0.4, 0.5) is 4.39 Å². The molecular formula is C16H14ClFO. The zero-order chi connectivity index (χ0) is 14.0. The zero-order valence-electron chi connectivity index (χ0n) is 10.8. The molecule has 0 fully saturated rings. The Bertz CT molecular complexity index is 614. The summed E-state index contributed by atoms with van der Waals surface area (Å²) in [4.78, 5) is 12.1. The molecule has 0 atom stereocenters. The first-order chi connectivity index (χ1) is 8.95. The molecule has 0 aliphatic carbocycles. The molecule has 0 N–H and O–H groups in total. The number of Topliss-reactive ketones (excluding diaryl/α,β-unsaturated/α-hetero) is 1. The largest absolute Gasteiger partial charge is 0.294 e. The molecule has 0 saturated heterocycles. The van der Waals surface area contributed by atoms with Gasteiger partial charge < -0.3 is 0 Å². The molecule has 2 aromatic carbocycles. The minimum Gasteiger partial charge on any atom is -0.294 e. The summed E-state index contributed by atoms with van der Waals surface area (Å²) in [5.41, 5.74) is 3.18. The number of aryl methyl sites for hydroxylation is 2. The van der Waals surface area contributed by atoms with Crippen LogP contribution >= 0.6 is 11.6 Å². The highest BCUT2D eigenvalue weighted by atomic mass is 35.5. The maximum atomic E-state index is 13.7. The van der Waals surface area contributed by atoms with Gasteiger partial charge in [-0.15, -0.1) is 0 Å². The van der Waals surface area contributed by atoms with Crippen LogP contribution in [0, 0.1) is 19.7 Å². The second-order valence-corrected chi connectivity index (χ2v) is 5.16. The Morgan fingerprint density at radius 3 is 2.32 bits per heavy atom. The molecule has 98 valence electrons. The number of carbonyl (C=O) groups excluding carboxylic acids is 1. The average Bonchev–Trinajstić information content (AvgIpc) is 2.26. The molecule has 0 bridgehead atoms. The first-order valence-corrected chi connectivity index (χ1v) is 6.39. The van der Waals surface area contributed by atoms with Gasteiger partial charge in [0.2, 0.25) is 0 Å². The van der Waals surface area contributed by atoms with Crippen molar-refractivity contribution in [3.8, 4) is 0 Å². The van der Waals surface area contributed by atoms with Crippen molar-refractivity contribution in [2.75, 3.05) is 0 Å². The Balaban J connectivity index is 2.25. The van der Waals surface area contributed by atoms with Crippen LogP contribution < -0.4 is 0 Å². The highest BCUT2D eigenvalue weighted by Gasteiger charge is 2.13. The molecule has 2 rings (SSSR count). The van der Waals surface area contributed by atoms with Crippen LogP contribution in [0.2, 0.25) is 5.02 Å². The number of hydrogen-bond donors (Lipinski definition) is 0. The van der Waals surface area contributed by atoms with Gasteiger partial charge in [0, 0.05) is 11.4 Å². The first kappa shape index (κ1) is 13.8. The summed E-state index contributed by atoms with van der Waals surface area (Å²) in [5, 5.41) is 0.292. The van der Waals surface area contributed by atoms with Gasteiger partial charge in [-0.3, -0.25) is 4.79 Å². The third-order valence-electron chi connectivity index (χ3n) is 2.88. The summed E-state index contributed by atoms with van der Waals surface area (Å²) >= 11 is 5.67. The maximum absolute atomic E-state index is 13.7. The van der Waals surface area contributed by atoms with Gasteiger partial charge in [-0.05, 0) is 37.6 Å². The maximum Gasteiger partial charge on any atom is 0.170 e. The summed E-state index contributed by atoms with van der Waals surface area (Å²) in [7, 11) is 0. The molecular weight excluding hydrogens is 263 g/mol. The molecule has 0 unspecified atom stereocenters. The van der Waals surface area contributed by atoms with Gasteiger partial charge in [0.15, 0.2) is 5.78 Å². The molecule has 19 heavy (non-hydrogen) atoms. The minimum absolute atomic E-state index is 0.0866. The third kappa shape index (κ3) is 3.42. The molecule has 2 aromatic rings. The lowest BCUT2D eigenvalue weighted by Crippen LogP contribution is -2.06. The number of carbonyl (C=O) groups is 1. The Morgan fingerprint density at radius 2 is 1.74 bits per heavy atom. The topological polar surface area (TPSA) is 17.1 Å². The minimum atomic E-state index is -0.568. The Labute approximate surface area is 117 Å². The number of benzene rings is 2. The van der Waals surface area contributed by atoms with Gasteiger partial charge in [0.05, 0.1) is 5.56 Å². The average molecular weight is 277 g/mol. The highest BCUT2D eigenvalue weighted by molar-refractivity contribution is 6.30. The fourth-order valence-corrected chi connectivity index (χ4v) is 2.33. The van der Waals surface area contributed by atoms with E-state index in [4.69, 9.17) is 11.6 Å². The summed E-state index contributed by atoms with van der Waals surface area (Å²) in [6.45, 7) is 3.95. The molecule has 0 aromatic heterocycles. The first-order valence-electron chi connectivity index (χ1n) is 6.01. The van der Waals surface area contributed by atoms with Crippen molar-refractivity contribution in [2.24, 2.45) is 0 Å². The van der Waals surface area contributed by atoms with Gasteiger partial charge in [0.25, 0.3) is 0 Å². The van der Waals surface area contributed by atoms with Crippen LogP contribution in [0.3, 0.4) is 0 Å². The summed E-state index contributed by atoms with van der Waals surface area (Å²) in [6, 6.07) is 10.0. The van der Waals surface area contributed by atoms with Crippen LogP contribution in [0.25, 0.3) is 0 Å². The molecule has 0 saturated carbocycles. The van der Waals surface area contributed by atoms with E-state index in [1.807, 2.05) is 32.0 Å². The molecule has 1 nitrogen and oxygen atoms in total. The van der Waals surface area contributed by atoms with E-state index in [0.29, 0.717) is 5.02 Å². The normalized spacial score (nSPS) is 10.5. The van der Waals surface area contributed by atoms with Crippen molar-refractivity contribution in [3.05, 3.63) is 69.5 Å². The Hall–Kier alpha value is -1.67. The number of hydrogen-bond acceptors (Lipinski definition) is 1. The van der Waals surface area contributed by atoms with Crippen LogP contribution in [0.5, 0.6) is 0 Å². The fraction of sp³-hybridized carbons (Fsp3) is 0.188. The van der Waals surface area contributed by atoms with E-state index in [1.54, 1.807) is 0 Å². The van der Waals surface area contributed by atoms with E-state index >= 15 is 0 Å². The standard InChI is InChI=1S/C16H14ClFO/c1-10-5-11(2)7-12(6-10)8-16(19)14-4-3-13(17)9-15(14)18/h3-7,9H,8H2,1-2H3. The molecule has 0 spiro atoms. The van der Waals surface area contributed by atoms with Crippen molar-refractivity contribution in [3.63, 3.8) is 0 Å². The quantitative estimate of drug-likeness (QED) is 0.753. The molecule has 0 heterocycles. The molecule has 0 aliphatic heterocycles. The molecule has 0 amide bonds. The van der Waals surface area contributed by atoms with Crippen molar-refractivity contribution in [2.45, 2.75) is 20.3 Å². The lowest BCUT2D eigenvalue weighted by Gasteiger charge is -2.06. The lowest BCUT2D eigenvalue weighted by atomic mass is 9.99. The summed E-state index contributed by atoms with van der Waals surface area (Å²) in [5.74, 6) is -0.805. The zero-order valence-corrected chi connectivity index (χ0v) is 11.6. The Morgan fingerprint density at radius 1 is 1.11 bits per heavy atom. The number of rotatable bonds is 3. The highest BCUT2D eigenvalue weighted by Crippen LogP contribution is 2.17. The van der Waals surface area contributed by atoms with Crippen molar-refractivity contribution in [1.29, 1.82) is 0 Å². The second-order valence-electron chi connectivity index (χ2n) is 4.72. The second kappa shape index (κ2) is 5.54. The third-order valence-corrected chi connectivity index (χ3v) is 3.11. The van der Waals surface area contributed by atoms with Crippen molar-refractivity contribution >= 4 is 17.4 Å². The lowest BCUT2D eigenvalue weighted by molar-refractivity contribution is 0.0989. The van der Waals surface area contributed by atoms with E-state index in [1.165, 1.54) is 12.1 Å². The van der Waals surface area contributed by atoms with E-state index < -0.39 is 5.82 Å². The van der Waals surface area contributed by atoms with E-state index in [2.05, 4.69) is 0 Å². The van der Waals surface area contributed by atoms with E-state index in [9.17, 15) is 9.18 Å². The number of halogens is 2. The predicted molar refractivity (Wildman–Crippen MR) is 75.4 cm³/mol.